The minimum atomic E-state index is -1.23. The lowest BCUT2D eigenvalue weighted by molar-refractivity contribution is -0.136. The molecule has 2 aromatic carbocycles. The Balaban J connectivity index is 0.750. The molecule has 0 saturated carbocycles. The molecule has 74 heavy (non-hydrogen) atoms. The van der Waals surface area contributed by atoms with E-state index in [1.165, 1.54) is 18.5 Å². The second kappa shape index (κ2) is 26.3. The van der Waals surface area contributed by atoms with Crippen molar-refractivity contribution in [3.8, 4) is 0 Å². The number of aliphatic hydroxyl groups is 1. The molecule has 17 nitrogen and oxygen atoms in total. The Morgan fingerprint density at radius 3 is 2.19 bits per heavy atom. The molecular formula is C55H82F2N12O5. The maximum absolute atomic E-state index is 15.7. The smallest absolute Gasteiger partial charge is 0.249 e. The molecule has 19 heteroatoms. The number of anilines is 3. The van der Waals surface area contributed by atoms with Crippen LogP contribution in [0.1, 0.15) is 90.7 Å². The molecule has 1 spiro atoms. The minimum absolute atomic E-state index is 0.00331. The summed E-state index contributed by atoms with van der Waals surface area (Å²) in [5.41, 5.74) is 1.19. The molecule has 4 aliphatic rings. The lowest BCUT2D eigenvalue weighted by atomic mass is 9.82. The van der Waals surface area contributed by atoms with Gasteiger partial charge in [-0.05, 0) is 86.9 Å². The second-order valence-electron chi connectivity index (χ2n) is 22.4. The van der Waals surface area contributed by atoms with Crippen molar-refractivity contribution in [2.75, 3.05) is 113 Å². The van der Waals surface area contributed by atoms with Gasteiger partial charge in [0.05, 0.1) is 17.8 Å². The Labute approximate surface area is 437 Å². The number of piperidine rings is 2. The van der Waals surface area contributed by atoms with E-state index in [2.05, 4.69) is 70.0 Å². The minimum Gasteiger partial charge on any atom is -0.383 e. The number of carbonyl (C=O) groups excluding carboxylic acids is 4. The predicted molar refractivity (Wildman–Crippen MR) is 285 cm³/mol. The lowest BCUT2D eigenvalue weighted by Gasteiger charge is -2.48. The molecule has 0 unspecified atom stereocenters. The van der Waals surface area contributed by atoms with Gasteiger partial charge in [-0.3, -0.25) is 29.0 Å². The fourth-order valence-corrected chi connectivity index (χ4v) is 10.6. The first kappa shape index (κ1) is 56.2. The van der Waals surface area contributed by atoms with Gasteiger partial charge in [0, 0.05) is 109 Å². The number of aliphatic hydroxyl groups excluding tert-OH is 1. The summed E-state index contributed by atoms with van der Waals surface area (Å²) in [6, 6.07) is 13.5. The highest BCUT2D eigenvalue weighted by Crippen LogP contribution is 2.34. The fourth-order valence-electron chi connectivity index (χ4n) is 10.6. The van der Waals surface area contributed by atoms with Crippen molar-refractivity contribution in [2.45, 2.75) is 110 Å². The Hall–Kier alpha value is -5.50. The van der Waals surface area contributed by atoms with Crippen LogP contribution in [-0.4, -0.2) is 169 Å². The maximum Gasteiger partial charge on any atom is 0.249 e. The van der Waals surface area contributed by atoms with Gasteiger partial charge in [0.25, 0.3) is 0 Å². The molecule has 5 heterocycles. The van der Waals surface area contributed by atoms with Crippen LogP contribution in [0, 0.1) is 28.9 Å². The van der Waals surface area contributed by atoms with E-state index in [-0.39, 0.29) is 47.2 Å². The Morgan fingerprint density at radius 2 is 1.49 bits per heavy atom. The molecule has 4 amide bonds. The standard InChI is InChI=1S/C55H82F2N12O5/c1-39(2)30-45(63-53(74)51(72)40(3)31-41-10-7-6-8-11-41)52(73)60-19-25-66-28-26-65(27-29-66)20-12-49(70)59-18-9-17-58-47-34-48(62-38-61-47)68-23-15-55(16-24-68)37-69(36-50(71)64-55)46-33-43(56)42(32-44(46)57)35-67-21-13-54(4,5)14-22-67/h6-8,10-11,32-34,38-40,45,51,72H,9,12-31,35-37H2,1-5H3,(H,59,70)(H,60,73)(H,63,74)(H,64,71)(H,58,61,62)/t40-,45+,51+/m1/s1. The summed E-state index contributed by atoms with van der Waals surface area (Å²) in [6.45, 7) is 20.1. The van der Waals surface area contributed by atoms with Gasteiger partial charge in [0.1, 0.15) is 41.7 Å². The molecule has 6 N–H and O–H groups in total. The van der Waals surface area contributed by atoms with Crippen molar-refractivity contribution in [2.24, 2.45) is 17.3 Å². The first-order valence-corrected chi connectivity index (χ1v) is 27.0. The van der Waals surface area contributed by atoms with Crippen molar-refractivity contribution >= 4 is 41.0 Å². The predicted octanol–water partition coefficient (Wildman–Crippen LogP) is 4.16. The number of aromatic nitrogens is 2. The zero-order valence-corrected chi connectivity index (χ0v) is 44.4. The van der Waals surface area contributed by atoms with E-state index in [1.54, 1.807) is 4.90 Å². The SMILES string of the molecule is CC(C)C[C@H](NC(=O)[C@@H](O)[C@H](C)Cc1ccccc1)C(=O)NCCN1CCN(CCC(=O)NCCCNc2cc(N3CCC4(CC3)CN(c3cc(F)c(CN5CCC(C)(C)CC5)cc3F)CC(=O)N4)ncn2)CC1. The van der Waals surface area contributed by atoms with Gasteiger partial charge >= 0.3 is 0 Å². The number of benzene rings is 2. The maximum atomic E-state index is 15.7. The van der Waals surface area contributed by atoms with Crippen LogP contribution in [0.5, 0.6) is 0 Å². The van der Waals surface area contributed by atoms with Crippen LogP contribution < -0.4 is 36.4 Å². The summed E-state index contributed by atoms with van der Waals surface area (Å²) in [5, 5.41) is 26.1. The summed E-state index contributed by atoms with van der Waals surface area (Å²) in [4.78, 5) is 71.5. The zero-order valence-electron chi connectivity index (χ0n) is 44.4. The number of hydrogen-bond donors (Lipinski definition) is 6. The molecular weight excluding hydrogens is 947 g/mol. The van der Waals surface area contributed by atoms with Crippen molar-refractivity contribution in [3.63, 3.8) is 0 Å². The normalized spacial score (nSPS) is 19.7. The number of carbonyl (C=O) groups is 4. The van der Waals surface area contributed by atoms with E-state index in [4.69, 9.17) is 0 Å². The molecule has 406 valence electrons. The van der Waals surface area contributed by atoms with Crippen LogP contribution in [-0.2, 0) is 32.1 Å². The fraction of sp³-hybridized carbons (Fsp3) is 0.636. The molecule has 1 aromatic heterocycles. The highest BCUT2D eigenvalue weighted by Gasteiger charge is 2.42. The van der Waals surface area contributed by atoms with Gasteiger partial charge in [-0.1, -0.05) is 65.0 Å². The van der Waals surface area contributed by atoms with Crippen LogP contribution in [0.3, 0.4) is 0 Å². The lowest BCUT2D eigenvalue weighted by Crippen LogP contribution is -2.66. The van der Waals surface area contributed by atoms with Gasteiger partial charge in [-0.2, -0.15) is 0 Å². The van der Waals surface area contributed by atoms with E-state index in [9.17, 15) is 24.3 Å². The van der Waals surface area contributed by atoms with E-state index in [1.807, 2.05) is 57.2 Å². The number of hydrogen-bond acceptors (Lipinski definition) is 13. The van der Waals surface area contributed by atoms with Crippen LogP contribution in [0.15, 0.2) is 54.9 Å². The number of likely N-dealkylation sites (tertiary alicyclic amines) is 1. The number of nitrogens with zero attached hydrogens (tertiary/aromatic N) is 7. The molecule has 4 fully saturated rings. The molecule has 4 saturated heterocycles. The molecule has 3 atom stereocenters. The van der Waals surface area contributed by atoms with Crippen LogP contribution >= 0.6 is 0 Å². The van der Waals surface area contributed by atoms with Crippen molar-refractivity contribution < 1.29 is 33.1 Å². The van der Waals surface area contributed by atoms with Crippen LogP contribution in [0.4, 0.5) is 26.1 Å². The molecule has 0 bridgehead atoms. The number of halogens is 2. The zero-order chi connectivity index (χ0) is 52.8. The summed E-state index contributed by atoms with van der Waals surface area (Å²) >= 11 is 0. The number of amides is 4. The molecule has 7 rings (SSSR count). The average molecular weight is 1030 g/mol. The van der Waals surface area contributed by atoms with Crippen molar-refractivity contribution in [1.82, 2.24) is 45.9 Å². The molecule has 0 aliphatic carbocycles. The summed E-state index contributed by atoms with van der Waals surface area (Å²) in [5.74, 6) is -0.658. The van der Waals surface area contributed by atoms with Gasteiger partial charge in [0.15, 0.2) is 0 Å². The number of rotatable bonds is 23. The van der Waals surface area contributed by atoms with E-state index >= 15 is 8.78 Å². The second-order valence-corrected chi connectivity index (χ2v) is 22.4. The van der Waals surface area contributed by atoms with Crippen LogP contribution in [0.2, 0.25) is 0 Å². The number of nitrogens with one attached hydrogen (secondary N) is 5. The van der Waals surface area contributed by atoms with Gasteiger partial charge in [-0.15, -0.1) is 0 Å². The Bertz CT molecular complexity index is 2320. The Kier molecular flexibility index (Phi) is 20.0. The molecule has 3 aromatic rings. The number of piperazine rings is 2. The van der Waals surface area contributed by atoms with Gasteiger partial charge < -0.3 is 46.4 Å². The third kappa shape index (κ3) is 16.5. The molecule has 0 radical (unpaired) electrons. The Morgan fingerprint density at radius 1 is 0.784 bits per heavy atom. The quantitative estimate of drug-likeness (QED) is 0.0744. The largest absolute Gasteiger partial charge is 0.383 e. The van der Waals surface area contributed by atoms with Crippen molar-refractivity contribution in [1.29, 1.82) is 0 Å². The molecule has 4 aliphatic heterocycles. The van der Waals surface area contributed by atoms with Gasteiger partial charge in [-0.25, -0.2) is 18.7 Å². The third-order valence-electron chi connectivity index (χ3n) is 15.4. The monoisotopic (exact) mass is 1030 g/mol. The van der Waals surface area contributed by atoms with E-state index < -0.39 is 35.2 Å². The first-order valence-electron chi connectivity index (χ1n) is 27.0. The van der Waals surface area contributed by atoms with Crippen LogP contribution in [0.25, 0.3) is 0 Å². The summed E-state index contributed by atoms with van der Waals surface area (Å²) in [6.07, 6.45) is 5.67. The summed E-state index contributed by atoms with van der Waals surface area (Å²) < 4.78 is 31.2. The topological polar surface area (TPSA) is 191 Å². The average Bonchev–Trinajstić information content (AvgIpc) is 3.37. The van der Waals surface area contributed by atoms with E-state index in [0.29, 0.717) is 109 Å². The highest BCUT2D eigenvalue weighted by molar-refractivity contribution is 5.89. The first-order chi connectivity index (χ1) is 35.4. The van der Waals surface area contributed by atoms with Gasteiger partial charge in [0.2, 0.25) is 23.6 Å². The summed E-state index contributed by atoms with van der Waals surface area (Å²) in [7, 11) is 0. The van der Waals surface area contributed by atoms with Crippen molar-refractivity contribution in [3.05, 3.63) is 77.6 Å². The van der Waals surface area contributed by atoms with E-state index in [0.717, 1.165) is 63.5 Å². The third-order valence-corrected chi connectivity index (χ3v) is 15.4. The highest BCUT2D eigenvalue weighted by atomic mass is 19.1.